The van der Waals surface area contributed by atoms with Crippen LogP contribution in [0.2, 0.25) is 0 Å². The summed E-state index contributed by atoms with van der Waals surface area (Å²) in [5.74, 6) is 1.93. The quantitative estimate of drug-likeness (QED) is 0.942. The highest BCUT2D eigenvalue weighted by Crippen LogP contribution is 2.50. The third-order valence-corrected chi connectivity index (χ3v) is 4.03. The molecule has 0 radical (unpaired) electrons. The van der Waals surface area contributed by atoms with Gasteiger partial charge in [0.15, 0.2) is 11.5 Å². The van der Waals surface area contributed by atoms with Crippen molar-refractivity contribution in [1.29, 1.82) is 0 Å². The SMILES string of the molecule is COC1=C(N)C(c2ccccc2)c2ccc(OC)c(OC)c21. The van der Waals surface area contributed by atoms with Crippen molar-refractivity contribution in [3.8, 4) is 11.5 Å². The molecule has 0 saturated heterocycles. The van der Waals surface area contributed by atoms with Gasteiger partial charge in [-0.3, -0.25) is 0 Å². The summed E-state index contributed by atoms with van der Waals surface area (Å²) >= 11 is 0. The molecule has 114 valence electrons. The monoisotopic (exact) mass is 297 g/mol. The molecule has 2 aromatic carbocycles. The molecule has 2 aromatic rings. The van der Waals surface area contributed by atoms with Crippen LogP contribution >= 0.6 is 0 Å². The number of allylic oxidation sites excluding steroid dienone is 1. The Morgan fingerprint density at radius 1 is 0.864 bits per heavy atom. The Morgan fingerprint density at radius 3 is 2.18 bits per heavy atom. The van der Waals surface area contributed by atoms with Crippen LogP contribution < -0.4 is 15.2 Å². The fourth-order valence-corrected chi connectivity index (χ4v) is 3.08. The topological polar surface area (TPSA) is 53.7 Å². The van der Waals surface area contributed by atoms with Crippen LogP contribution in [0.15, 0.2) is 48.2 Å². The molecule has 0 aromatic heterocycles. The van der Waals surface area contributed by atoms with Crippen molar-refractivity contribution in [3.05, 3.63) is 64.9 Å². The van der Waals surface area contributed by atoms with Crippen molar-refractivity contribution in [2.75, 3.05) is 21.3 Å². The average Bonchev–Trinajstić information content (AvgIpc) is 2.85. The van der Waals surface area contributed by atoms with Crippen molar-refractivity contribution < 1.29 is 14.2 Å². The maximum atomic E-state index is 6.39. The van der Waals surface area contributed by atoms with E-state index in [1.54, 1.807) is 21.3 Å². The summed E-state index contributed by atoms with van der Waals surface area (Å²) < 4.78 is 16.5. The predicted octanol–water partition coefficient (Wildman–Crippen LogP) is 3.12. The van der Waals surface area contributed by atoms with Crippen molar-refractivity contribution in [3.63, 3.8) is 0 Å². The summed E-state index contributed by atoms with van der Waals surface area (Å²) in [7, 11) is 4.86. The lowest BCUT2D eigenvalue weighted by molar-refractivity contribution is 0.342. The van der Waals surface area contributed by atoms with Gasteiger partial charge in [-0.15, -0.1) is 0 Å². The Bertz CT molecular complexity index is 723. The Kier molecular flexibility index (Phi) is 3.67. The van der Waals surface area contributed by atoms with Gasteiger partial charge in [0.05, 0.1) is 38.5 Å². The first-order valence-corrected chi connectivity index (χ1v) is 7.06. The summed E-state index contributed by atoms with van der Waals surface area (Å²) in [5.41, 5.74) is 10.1. The maximum absolute atomic E-state index is 6.39. The fourth-order valence-electron chi connectivity index (χ4n) is 3.08. The van der Waals surface area contributed by atoms with Gasteiger partial charge in [0.25, 0.3) is 0 Å². The van der Waals surface area contributed by atoms with E-state index in [1.807, 2.05) is 30.3 Å². The summed E-state index contributed by atoms with van der Waals surface area (Å²) in [4.78, 5) is 0. The van der Waals surface area contributed by atoms with Crippen LogP contribution in [0.3, 0.4) is 0 Å². The molecular formula is C18H19NO3. The third kappa shape index (κ3) is 1.99. The Labute approximate surface area is 130 Å². The summed E-state index contributed by atoms with van der Waals surface area (Å²) in [6.45, 7) is 0. The van der Waals surface area contributed by atoms with Crippen LogP contribution in [0.25, 0.3) is 5.76 Å². The van der Waals surface area contributed by atoms with Gasteiger partial charge < -0.3 is 19.9 Å². The molecule has 1 unspecified atom stereocenters. The molecule has 22 heavy (non-hydrogen) atoms. The molecule has 4 heteroatoms. The molecule has 0 saturated carbocycles. The molecule has 0 aliphatic heterocycles. The Hall–Kier alpha value is -2.62. The molecule has 0 spiro atoms. The lowest BCUT2D eigenvalue weighted by atomic mass is 9.91. The van der Waals surface area contributed by atoms with Gasteiger partial charge in [0.1, 0.15) is 5.76 Å². The van der Waals surface area contributed by atoms with E-state index in [2.05, 4.69) is 12.1 Å². The molecule has 4 nitrogen and oxygen atoms in total. The summed E-state index contributed by atoms with van der Waals surface area (Å²) in [5, 5.41) is 0. The van der Waals surface area contributed by atoms with E-state index in [1.165, 1.54) is 0 Å². The van der Waals surface area contributed by atoms with Crippen molar-refractivity contribution in [1.82, 2.24) is 0 Å². The van der Waals surface area contributed by atoms with Crippen LogP contribution in [0, 0.1) is 0 Å². The van der Waals surface area contributed by atoms with Gasteiger partial charge in [-0.05, 0) is 17.2 Å². The van der Waals surface area contributed by atoms with Crippen LogP contribution in [0.5, 0.6) is 11.5 Å². The molecule has 3 rings (SSSR count). The number of fused-ring (bicyclic) bond motifs is 1. The maximum Gasteiger partial charge on any atom is 0.172 e. The van der Waals surface area contributed by atoms with E-state index in [-0.39, 0.29) is 5.92 Å². The normalized spacial score (nSPS) is 16.4. The van der Waals surface area contributed by atoms with E-state index >= 15 is 0 Å². The molecule has 1 atom stereocenters. The van der Waals surface area contributed by atoms with E-state index in [4.69, 9.17) is 19.9 Å². The Morgan fingerprint density at radius 2 is 1.59 bits per heavy atom. The predicted molar refractivity (Wildman–Crippen MR) is 85.9 cm³/mol. The number of ether oxygens (including phenoxy) is 3. The van der Waals surface area contributed by atoms with Crippen molar-refractivity contribution in [2.45, 2.75) is 5.92 Å². The number of hydrogen-bond donors (Lipinski definition) is 1. The number of benzene rings is 2. The van der Waals surface area contributed by atoms with Gasteiger partial charge in [-0.1, -0.05) is 36.4 Å². The first kappa shape index (κ1) is 14.3. The first-order chi connectivity index (χ1) is 10.7. The van der Waals surface area contributed by atoms with Gasteiger partial charge in [-0.25, -0.2) is 0 Å². The zero-order valence-electron chi connectivity index (χ0n) is 12.9. The van der Waals surface area contributed by atoms with Gasteiger partial charge >= 0.3 is 0 Å². The van der Waals surface area contributed by atoms with Gasteiger partial charge in [0.2, 0.25) is 0 Å². The molecule has 0 heterocycles. The molecule has 0 bridgehead atoms. The zero-order valence-corrected chi connectivity index (χ0v) is 12.9. The second-order valence-corrected chi connectivity index (χ2v) is 5.10. The highest BCUT2D eigenvalue weighted by atomic mass is 16.5. The van der Waals surface area contributed by atoms with E-state index < -0.39 is 0 Å². The van der Waals surface area contributed by atoms with E-state index in [9.17, 15) is 0 Å². The highest BCUT2D eigenvalue weighted by molar-refractivity contribution is 5.81. The second-order valence-electron chi connectivity index (χ2n) is 5.10. The molecule has 0 amide bonds. The molecule has 2 N–H and O–H groups in total. The minimum absolute atomic E-state index is 0.0362. The lowest BCUT2D eigenvalue weighted by Gasteiger charge is -2.16. The number of methoxy groups -OCH3 is 3. The molecule has 1 aliphatic rings. The van der Waals surface area contributed by atoms with E-state index in [0.717, 1.165) is 16.7 Å². The third-order valence-electron chi connectivity index (χ3n) is 4.03. The highest BCUT2D eigenvalue weighted by Gasteiger charge is 2.35. The number of hydrogen-bond acceptors (Lipinski definition) is 4. The molecule has 0 fully saturated rings. The standard InChI is InChI=1S/C18H19NO3/c1-20-13-10-9-12-14(11-7-5-4-6-8-11)16(19)18(22-3)15(12)17(13)21-2/h4-10,14H,19H2,1-3H3. The van der Waals surface area contributed by atoms with Crippen LogP contribution in [-0.4, -0.2) is 21.3 Å². The van der Waals surface area contributed by atoms with Crippen LogP contribution in [0.1, 0.15) is 22.6 Å². The second kappa shape index (κ2) is 5.64. The smallest absolute Gasteiger partial charge is 0.172 e. The minimum Gasteiger partial charge on any atom is -0.494 e. The Balaban J connectivity index is 2.26. The molecular weight excluding hydrogens is 278 g/mol. The summed E-state index contributed by atoms with van der Waals surface area (Å²) in [6, 6.07) is 14.1. The van der Waals surface area contributed by atoms with Crippen molar-refractivity contribution >= 4 is 5.76 Å². The van der Waals surface area contributed by atoms with Crippen molar-refractivity contribution in [2.24, 2.45) is 5.73 Å². The zero-order chi connectivity index (χ0) is 15.7. The number of nitrogens with two attached hydrogens (primary N) is 1. The number of rotatable bonds is 4. The average molecular weight is 297 g/mol. The van der Waals surface area contributed by atoms with Crippen LogP contribution in [-0.2, 0) is 4.74 Å². The fraction of sp³-hybridized carbons (Fsp3) is 0.222. The molecule has 1 aliphatic carbocycles. The summed E-state index contributed by atoms with van der Waals surface area (Å²) in [6.07, 6.45) is 0. The van der Waals surface area contributed by atoms with Gasteiger partial charge in [-0.2, -0.15) is 0 Å². The lowest BCUT2D eigenvalue weighted by Crippen LogP contribution is -2.08. The van der Waals surface area contributed by atoms with Crippen LogP contribution in [0.4, 0.5) is 0 Å². The van der Waals surface area contributed by atoms with Gasteiger partial charge in [0, 0.05) is 0 Å². The first-order valence-electron chi connectivity index (χ1n) is 7.06. The largest absolute Gasteiger partial charge is 0.494 e. The van der Waals surface area contributed by atoms with E-state index in [0.29, 0.717) is 23.0 Å². The minimum atomic E-state index is -0.0362.